The normalized spacial score (nSPS) is 13.1. The van der Waals surface area contributed by atoms with Gasteiger partial charge in [0.2, 0.25) is 0 Å². The van der Waals surface area contributed by atoms with Gasteiger partial charge in [-0.25, -0.2) is 9.37 Å². The lowest BCUT2D eigenvalue weighted by Gasteiger charge is -2.24. The van der Waals surface area contributed by atoms with E-state index in [-0.39, 0.29) is 34.8 Å². The zero-order valence-electron chi connectivity index (χ0n) is 15.2. The monoisotopic (exact) mass is 360 g/mol. The molecule has 0 aliphatic heterocycles. The first-order valence-electron chi connectivity index (χ1n) is 8.54. The summed E-state index contributed by atoms with van der Waals surface area (Å²) in [5.74, 6) is -0.993. The van der Waals surface area contributed by atoms with Crippen molar-refractivity contribution in [3.63, 3.8) is 0 Å². The SMILES string of the molecule is CCC[C@@H](Nc1c(C)ncc(Nc2ncccc2C(N)=O)c1F)[C@H](C)N. The number of nitrogens with one attached hydrogen (secondary N) is 2. The Balaban J connectivity index is 2.36. The summed E-state index contributed by atoms with van der Waals surface area (Å²) >= 11 is 0. The Kier molecular flexibility index (Phi) is 6.46. The Bertz CT molecular complexity index is 780. The highest BCUT2D eigenvalue weighted by molar-refractivity contribution is 5.98. The van der Waals surface area contributed by atoms with Crippen LogP contribution in [-0.2, 0) is 0 Å². The number of pyridine rings is 2. The molecule has 0 aliphatic carbocycles. The van der Waals surface area contributed by atoms with Crippen LogP contribution < -0.4 is 22.1 Å². The number of hydrogen-bond acceptors (Lipinski definition) is 6. The molecule has 7 nitrogen and oxygen atoms in total. The maximum atomic E-state index is 15.1. The molecule has 0 fully saturated rings. The van der Waals surface area contributed by atoms with Gasteiger partial charge in [0.05, 0.1) is 28.8 Å². The number of rotatable bonds is 8. The molecule has 0 radical (unpaired) electrons. The fourth-order valence-corrected chi connectivity index (χ4v) is 2.63. The maximum absolute atomic E-state index is 15.1. The Morgan fingerprint density at radius 2 is 2.12 bits per heavy atom. The molecule has 2 heterocycles. The van der Waals surface area contributed by atoms with Crippen molar-refractivity contribution in [1.29, 1.82) is 0 Å². The van der Waals surface area contributed by atoms with Gasteiger partial charge in [-0.15, -0.1) is 0 Å². The van der Waals surface area contributed by atoms with Crippen molar-refractivity contribution >= 4 is 23.1 Å². The second kappa shape index (κ2) is 8.57. The number of anilines is 3. The number of carbonyl (C=O) groups excluding carboxylic acids is 1. The van der Waals surface area contributed by atoms with Crippen LogP contribution >= 0.6 is 0 Å². The van der Waals surface area contributed by atoms with Crippen molar-refractivity contribution in [3.8, 4) is 0 Å². The number of nitrogens with zero attached hydrogens (tertiary/aromatic N) is 2. The number of aryl methyl sites for hydroxylation is 1. The van der Waals surface area contributed by atoms with Gasteiger partial charge >= 0.3 is 0 Å². The smallest absolute Gasteiger partial charge is 0.252 e. The van der Waals surface area contributed by atoms with Crippen molar-refractivity contribution < 1.29 is 9.18 Å². The van der Waals surface area contributed by atoms with Crippen LogP contribution in [-0.4, -0.2) is 28.0 Å². The predicted octanol–water partition coefficient (Wildman–Crippen LogP) is 2.69. The van der Waals surface area contributed by atoms with Crippen LogP contribution in [0.4, 0.5) is 21.6 Å². The van der Waals surface area contributed by atoms with Gasteiger partial charge < -0.3 is 22.1 Å². The lowest BCUT2D eigenvalue weighted by Crippen LogP contribution is -2.38. The molecule has 26 heavy (non-hydrogen) atoms. The van der Waals surface area contributed by atoms with Gasteiger partial charge in [-0.1, -0.05) is 13.3 Å². The highest BCUT2D eigenvalue weighted by Crippen LogP contribution is 2.28. The fraction of sp³-hybridized carbons (Fsp3) is 0.389. The highest BCUT2D eigenvalue weighted by Gasteiger charge is 2.20. The third-order valence-electron chi connectivity index (χ3n) is 4.10. The minimum atomic E-state index is -0.653. The minimum Gasteiger partial charge on any atom is -0.377 e. The summed E-state index contributed by atoms with van der Waals surface area (Å²) in [4.78, 5) is 19.8. The molecule has 0 spiro atoms. The average Bonchev–Trinajstić information content (AvgIpc) is 2.60. The minimum absolute atomic E-state index is 0.0821. The van der Waals surface area contributed by atoms with E-state index in [0.717, 1.165) is 12.8 Å². The van der Waals surface area contributed by atoms with Crippen LogP contribution in [0, 0.1) is 12.7 Å². The third kappa shape index (κ3) is 4.45. The van der Waals surface area contributed by atoms with Crippen LogP contribution in [0.2, 0.25) is 0 Å². The first kappa shape index (κ1) is 19.6. The largest absolute Gasteiger partial charge is 0.377 e. The molecule has 2 aromatic rings. The first-order chi connectivity index (χ1) is 12.3. The van der Waals surface area contributed by atoms with Gasteiger partial charge in [0, 0.05) is 18.3 Å². The van der Waals surface area contributed by atoms with Gasteiger partial charge in [-0.3, -0.25) is 9.78 Å². The van der Waals surface area contributed by atoms with E-state index < -0.39 is 11.7 Å². The van der Waals surface area contributed by atoms with Gasteiger partial charge in [0.25, 0.3) is 5.91 Å². The quantitative estimate of drug-likeness (QED) is 0.575. The van der Waals surface area contributed by atoms with E-state index in [1.54, 1.807) is 13.0 Å². The molecule has 0 bridgehead atoms. The Hall–Kier alpha value is -2.74. The molecule has 0 saturated carbocycles. The average molecular weight is 360 g/mol. The van der Waals surface area contributed by atoms with E-state index >= 15 is 4.39 Å². The van der Waals surface area contributed by atoms with E-state index in [9.17, 15) is 4.79 Å². The molecule has 0 unspecified atom stereocenters. The molecular weight excluding hydrogens is 335 g/mol. The van der Waals surface area contributed by atoms with E-state index in [4.69, 9.17) is 11.5 Å². The van der Waals surface area contributed by atoms with Crippen molar-refractivity contribution in [2.24, 2.45) is 11.5 Å². The number of primary amides is 1. The van der Waals surface area contributed by atoms with Gasteiger partial charge in [-0.2, -0.15) is 0 Å². The van der Waals surface area contributed by atoms with Gasteiger partial charge in [0.15, 0.2) is 5.82 Å². The summed E-state index contributed by atoms with van der Waals surface area (Å²) in [5, 5.41) is 5.97. The molecule has 1 amide bonds. The molecule has 2 rings (SSSR count). The van der Waals surface area contributed by atoms with Crippen molar-refractivity contribution in [3.05, 3.63) is 41.6 Å². The van der Waals surface area contributed by atoms with Gasteiger partial charge in [0.1, 0.15) is 5.82 Å². The van der Waals surface area contributed by atoms with Crippen molar-refractivity contribution in [2.45, 2.75) is 45.7 Å². The van der Waals surface area contributed by atoms with E-state index in [0.29, 0.717) is 5.69 Å². The van der Waals surface area contributed by atoms with Gasteiger partial charge in [-0.05, 0) is 32.4 Å². The van der Waals surface area contributed by atoms with Crippen LogP contribution in [0.5, 0.6) is 0 Å². The molecule has 2 atom stereocenters. The third-order valence-corrected chi connectivity index (χ3v) is 4.10. The van der Waals surface area contributed by atoms with E-state index in [1.807, 2.05) is 13.8 Å². The number of halogens is 1. The number of carbonyl (C=O) groups is 1. The van der Waals surface area contributed by atoms with E-state index in [2.05, 4.69) is 20.6 Å². The summed E-state index contributed by atoms with van der Waals surface area (Å²) in [6.45, 7) is 5.64. The lowest BCUT2D eigenvalue weighted by atomic mass is 10.0. The molecular formula is C18H25FN6O. The molecule has 6 N–H and O–H groups in total. The number of hydrogen-bond donors (Lipinski definition) is 4. The summed E-state index contributed by atoms with van der Waals surface area (Å²) in [6.07, 6.45) is 4.57. The zero-order chi connectivity index (χ0) is 19.3. The lowest BCUT2D eigenvalue weighted by molar-refractivity contribution is 0.100. The summed E-state index contributed by atoms with van der Waals surface area (Å²) < 4.78 is 15.1. The molecule has 8 heteroatoms. The molecule has 2 aromatic heterocycles. The second-order valence-electron chi connectivity index (χ2n) is 6.23. The number of aromatic nitrogens is 2. The fourth-order valence-electron chi connectivity index (χ4n) is 2.63. The first-order valence-corrected chi connectivity index (χ1v) is 8.54. The molecule has 140 valence electrons. The van der Waals surface area contributed by atoms with Crippen LogP contribution in [0.15, 0.2) is 24.5 Å². The Morgan fingerprint density at radius 3 is 2.73 bits per heavy atom. The van der Waals surface area contributed by atoms with Crippen LogP contribution in [0.1, 0.15) is 42.7 Å². The molecule has 0 saturated heterocycles. The zero-order valence-corrected chi connectivity index (χ0v) is 15.2. The van der Waals surface area contributed by atoms with Crippen LogP contribution in [0.3, 0.4) is 0 Å². The summed E-state index contributed by atoms with van der Waals surface area (Å²) in [7, 11) is 0. The van der Waals surface area contributed by atoms with Crippen molar-refractivity contribution in [1.82, 2.24) is 9.97 Å². The Labute approximate surface area is 152 Å². The van der Waals surface area contributed by atoms with E-state index in [1.165, 1.54) is 18.5 Å². The predicted molar refractivity (Wildman–Crippen MR) is 101 cm³/mol. The number of nitrogens with two attached hydrogens (primary N) is 2. The second-order valence-corrected chi connectivity index (χ2v) is 6.23. The topological polar surface area (TPSA) is 119 Å². The Morgan fingerprint density at radius 1 is 1.38 bits per heavy atom. The van der Waals surface area contributed by atoms with Crippen molar-refractivity contribution in [2.75, 3.05) is 10.6 Å². The molecule has 0 aromatic carbocycles. The standard InChI is InChI=1S/C18H25FN6O/c1-4-6-13(10(2)20)24-16-11(3)23-9-14(15(16)19)25-18-12(17(21)26)7-5-8-22-18/h5,7-10,13,24H,4,6,20H2,1-3H3,(H2,21,26)(H,22,25)/t10-,13+/m0/s1. The highest BCUT2D eigenvalue weighted by atomic mass is 19.1. The van der Waals surface area contributed by atoms with Crippen LogP contribution in [0.25, 0.3) is 0 Å². The summed E-state index contributed by atoms with van der Waals surface area (Å²) in [6, 6.07) is 2.87. The summed E-state index contributed by atoms with van der Waals surface area (Å²) in [5.41, 5.74) is 12.4. The molecule has 0 aliphatic rings. The number of amides is 1. The maximum Gasteiger partial charge on any atom is 0.252 e.